The van der Waals surface area contributed by atoms with Crippen LogP contribution in [0.1, 0.15) is 46.6 Å². The van der Waals surface area contributed by atoms with Crippen molar-refractivity contribution in [2.24, 2.45) is 5.41 Å². The first-order valence-electron chi connectivity index (χ1n) is 8.79. The van der Waals surface area contributed by atoms with Crippen molar-refractivity contribution in [1.29, 1.82) is 0 Å². The van der Waals surface area contributed by atoms with Crippen LogP contribution in [0.2, 0.25) is 0 Å². The van der Waals surface area contributed by atoms with E-state index in [1.807, 2.05) is 20.8 Å². The summed E-state index contributed by atoms with van der Waals surface area (Å²) in [5.74, 6) is -0.160. The van der Waals surface area contributed by atoms with Crippen LogP contribution in [0.25, 0.3) is 0 Å². The quantitative estimate of drug-likeness (QED) is 0.776. The molecule has 0 heterocycles. The van der Waals surface area contributed by atoms with E-state index in [-0.39, 0.29) is 29.1 Å². The van der Waals surface area contributed by atoms with Gasteiger partial charge in [-0.05, 0) is 45.2 Å². The van der Waals surface area contributed by atoms with Gasteiger partial charge in [0.05, 0.1) is 11.4 Å². The summed E-state index contributed by atoms with van der Waals surface area (Å²) in [5.41, 5.74) is -0.0276. The highest BCUT2D eigenvalue weighted by molar-refractivity contribution is 7.89. The summed E-state index contributed by atoms with van der Waals surface area (Å²) in [5, 5.41) is 0. The Kier molecular flexibility index (Phi) is 5.57. The van der Waals surface area contributed by atoms with Crippen LogP contribution in [-0.2, 0) is 19.6 Å². The summed E-state index contributed by atoms with van der Waals surface area (Å²) >= 11 is 0. The van der Waals surface area contributed by atoms with Crippen LogP contribution in [0.5, 0.6) is 0 Å². The molecular formula is C20H27NO5S. The number of hydrogen-bond donors (Lipinski definition) is 0. The third-order valence-electron chi connectivity index (χ3n) is 4.06. The van der Waals surface area contributed by atoms with Gasteiger partial charge in [0.1, 0.15) is 5.60 Å². The average Bonchev–Trinajstić information content (AvgIpc) is 2.75. The topological polar surface area (TPSA) is 80.8 Å². The number of hydrogen-bond acceptors (Lipinski definition) is 5. The van der Waals surface area contributed by atoms with Gasteiger partial charge in [0.2, 0.25) is 0 Å². The molecule has 0 aromatic heterocycles. The SMILES string of the molecule is Cc1ccc(S(=O)(=O)N(CC2=CC(C)(C)CC2=O)C(=O)OC(C)(C)C)cc1. The number of rotatable bonds is 4. The number of sulfonamides is 1. The van der Waals surface area contributed by atoms with E-state index in [0.29, 0.717) is 9.88 Å². The molecule has 2 rings (SSSR count). The zero-order valence-electron chi connectivity index (χ0n) is 16.7. The normalized spacial score (nSPS) is 16.8. The molecule has 0 aliphatic heterocycles. The van der Waals surface area contributed by atoms with Crippen LogP contribution >= 0.6 is 0 Å². The second kappa shape index (κ2) is 7.11. The summed E-state index contributed by atoms with van der Waals surface area (Å²) in [6.45, 7) is 10.3. The van der Waals surface area contributed by atoms with Crippen molar-refractivity contribution < 1.29 is 22.7 Å². The summed E-state index contributed by atoms with van der Waals surface area (Å²) in [6.07, 6.45) is 1.02. The number of Topliss-reactive ketones (excluding diaryl/α,β-unsaturated/α-hetero) is 1. The van der Waals surface area contributed by atoms with Crippen molar-refractivity contribution in [3.8, 4) is 0 Å². The maximum absolute atomic E-state index is 13.1. The second-order valence-electron chi connectivity index (χ2n) is 8.56. The maximum Gasteiger partial charge on any atom is 0.424 e. The fourth-order valence-electron chi connectivity index (χ4n) is 2.82. The van der Waals surface area contributed by atoms with Crippen molar-refractivity contribution in [1.82, 2.24) is 4.31 Å². The summed E-state index contributed by atoms with van der Waals surface area (Å²) in [4.78, 5) is 25.0. The predicted octanol–water partition coefficient (Wildman–Crippen LogP) is 3.85. The molecule has 1 aliphatic carbocycles. The van der Waals surface area contributed by atoms with Gasteiger partial charge < -0.3 is 4.74 Å². The monoisotopic (exact) mass is 393 g/mol. The molecule has 7 heteroatoms. The maximum atomic E-state index is 13.1. The van der Waals surface area contributed by atoms with Crippen LogP contribution in [0.4, 0.5) is 4.79 Å². The molecule has 1 aliphatic rings. The molecule has 1 aromatic carbocycles. The van der Waals surface area contributed by atoms with Gasteiger partial charge in [-0.2, -0.15) is 4.31 Å². The van der Waals surface area contributed by atoms with E-state index in [2.05, 4.69) is 0 Å². The van der Waals surface area contributed by atoms with Crippen LogP contribution in [-0.4, -0.2) is 36.7 Å². The van der Waals surface area contributed by atoms with Gasteiger partial charge >= 0.3 is 6.09 Å². The molecule has 0 bridgehead atoms. The first kappa shape index (κ1) is 21.2. The first-order chi connectivity index (χ1) is 12.2. The highest BCUT2D eigenvalue weighted by Crippen LogP contribution is 2.33. The number of benzene rings is 1. The van der Waals surface area contributed by atoms with Gasteiger partial charge in [-0.15, -0.1) is 0 Å². The Balaban J connectivity index is 2.45. The summed E-state index contributed by atoms with van der Waals surface area (Å²) in [6, 6.07) is 6.19. The second-order valence-corrected chi connectivity index (χ2v) is 10.4. The molecule has 0 saturated carbocycles. The van der Waals surface area contributed by atoms with E-state index < -0.39 is 21.7 Å². The lowest BCUT2D eigenvalue weighted by molar-refractivity contribution is -0.115. The van der Waals surface area contributed by atoms with Gasteiger partial charge in [0.25, 0.3) is 10.0 Å². The molecule has 0 unspecified atom stereocenters. The smallest absolute Gasteiger partial charge is 0.424 e. The van der Waals surface area contributed by atoms with E-state index in [4.69, 9.17) is 4.74 Å². The van der Waals surface area contributed by atoms with Crippen molar-refractivity contribution in [3.05, 3.63) is 41.5 Å². The number of carbonyl (C=O) groups excluding carboxylic acids is 2. The molecule has 148 valence electrons. The van der Waals surface area contributed by atoms with Crippen molar-refractivity contribution >= 4 is 21.9 Å². The average molecular weight is 394 g/mol. The van der Waals surface area contributed by atoms with Gasteiger partial charge in [-0.25, -0.2) is 13.2 Å². The van der Waals surface area contributed by atoms with E-state index in [9.17, 15) is 18.0 Å². The Bertz CT molecular complexity index is 874. The van der Waals surface area contributed by atoms with Crippen LogP contribution in [0, 0.1) is 12.3 Å². The molecule has 6 nitrogen and oxygen atoms in total. The number of amides is 1. The standard InChI is InChI=1S/C20H27NO5S/c1-14-7-9-16(10-8-14)27(24,25)21(18(23)26-19(2,3)4)13-15-11-20(5,6)12-17(15)22/h7-11H,12-13H2,1-6H3. The van der Waals surface area contributed by atoms with E-state index in [1.54, 1.807) is 39.0 Å². The molecule has 1 amide bonds. The highest BCUT2D eigenvalue weighted by Gasteiger charge is 2.38. The number of ketones is 1. The Morgan fingerprint density at radius 2 is 1.74 bits per heavy atom. The molecule has 1 aromatic rings. The zero-order valence-corrected chi connectivity index (χ0v) is 17.5. The predicted molar refractivity (Wildman–Crippen MR) is 103 cm³/mol. The van der Waals surface area contributed by atoms with E-state index >= 15 is 0 Å². The summed E-state index contributed by atoms with van der Waals surface area (Å²) < 4.78 is 32.2. The lowest BCUT2D eigenvalue weighted by atomic mass is 9.93. The van der Waals surface area contributed by atoms with Crippen molar-refractivity contribution in [3.63, 3.8) is 0 Å². The summed E-state index contributed by atoms with van der Waals surface area (Å²) in [7, 11) is -4.17. The molecule has 0 spiro atoms. The number of nitrogens with zero attached hydrogens (tertiary/aromatic N) is 1. The Morgan fingerprint density at radius 1 is 1.19 bits per heavy atom. The molecule has 0 atom stereocenters. The van der Waals surface area contributed by atoms with E-state index in [1.165, 1.54) is 12.1 Å². The molecule has 0 N–H and O–H groups in total. The largest absolute Gasteiger partial charge is 0.443 e. The molecular weight excluding hydrogens is 366 g/mol. The van der Waals surface area contributed by atoms with Crippen LogP contribution in [0.15, 0.2) is 40.8 Å². The van der Waals surface area contributed by atoms with Gasteiger partial charge in [0, 0.05) is 12.0 Å². The third kappa shape index (κ3) is 5.19. The Labute approximate surface area is 161 Å². The minimum absolute atomic E-state index is 0.0238. The number of aryl methyl sites for hydroxylation is 1. The minimum Gasteiger partial charge on any atom is -0.443 e. The number of ether oxygens (including phenoxy) is 1. The van der Waals surface area contributed by atoms with Crippen LogP contribution < -0.4 is 0 Å². The Morgan fingerprint density at radius 3 is 2.19 bits per heavy atom. The fourth-order valence-corrected chi connectivity index (χ4v) is 4.09. The van der Waals surface area contributed by atoms with Crippen LogP contribution in [0.3, 0.4) is 0 Å². The van der Waals surface area contributed by atoms with E-state index in [0.717, 1.165) is 5.56 Å². The lowest BCUT2D eigenvalue weighted by Crippen LogP contribution is -2.42. The molecule has 0 radical (unpaired) electrons. The van der Waals surface area contributed by atoms with Crippen molar-refractivity contribution in [2.75, 3.05) is 6.54 Å². The van der Waals surface area contributed by atoms with Gasteiger partial charge in [-0.3, -0.25) is 4.79 Å². The van der Waals surface area contributed by atoms with Crippen molar-refractivity contribution in [2.45, 2.75) is 58.5 Å². The Hall–Kier alpha value is -2.15. The lowest BCUT2D eigenvalue weighted by Gasteiger charge is -2.27. The molecule has 27 heavy (non-hydrogen) atoms. The number of carbonyl (C=O) groups is 2. The molecule has 0 fully saturated rings. The number of allylic oxidation sites excluding steroid dienone is 1. The minimum atomic E-state index is -4.17. The zero-order chi connectivity index (χ0) is 20.6. The van der Waals surface area contributed by atoms with Gasteiger partial charge in [0.15, 0.2) is 5.78 Å². The third-order valence-corrected chi connectivity index (χ3v) is 5.79. The van der Waals surface area contributed by atoms with Gasteiger partial charge in [-0.1, -0.05) is 37.6 Å². The highest BCUT2D eigenvalue weighted by atomic mass is 32.2. The molecule has 0 saturated heterocycles. The fraction of sp³-hybridized carbons (Fsp3) is 0.500. The first-order valence-corrected chi connectivity index (χ1v) is 10.2.